The van der Waals surface area contributed by atoms with E-state index in [0.717, 1.165) is 18.8 Å². The molecule has 0 unspecified atom stereocenters. The van der Waals surface area contributed by atoms with Crippen molar-refractivity contribution in [3.8, 4) is 12.1 Å². The maximum atomic E-state index is 12.0. The van der Waals surface area contributed by atoms with Gasteiger partial charge in [0.15, 0.2) is 0 Å². The molecule has 1 N–H and O–H groups in total. The lowest BCUT2D eigenvalue weighted by Gasteiger charge is -2.22. The van der Waals surface area contributed by atoms with Gasteiger partial charge in [0, 0.05) is 36.8 Å². The number of hydrogen-bond donors (Lipinski definition) is 1. The van der Waals surface area contributed by atoms with Gasteiger partial charge >= 0.3 is 0 Å². The highest BCUT2D eigenvalue weighted by molar-refractivity contribution is 6.51. The minimum atomic E-state index is -0.290. The quantitative estimate of drug-likeness (QED) is 0.465. The van der Waals surface area contributed by atoms with Gasteiger partial charge in [-0.2, -0.15) is 0 Å². The molecule has 2 aromatic rings. The summed E-state index contributed by atoms with van der Waals surface area (Å²) in [6.45, 7) is 22.1. The zero-order chi connectivity index (χ0) is 25.5. The summed E-state index contributed by atoms with van der Waals surface area (Å²) in [6.07, 6.45) is 0. The van der Waals surface area contributed by atoms with Crippen LogP contribution in [-0.2, 0) is 4.79 Å². The fourth-order valence-corrected chi connectivity index (χ4v) is 3.98. The summed E-state index contributed by atoms with van der Waals surface area (Å²) in [4.78, 5) is 25.6. The van der Waals surface area contributed by atoms with E-state index in [1.807, 2.05) is 38.1 Å². The van der Waals surface area contributed by atoms with Crippen molar-refractivity contribution >= 4 is 39.8 Å². The number of benzene rings is 2. The number of carbonyl (C=O) groups is 1. The van der Waals surface area contributed by atoms with E-state index < -0.39 is 0 Å². The van der Waals surface area contributed by atoms with E-state index in [4.69, 9.17) is 18.1 Å². The van der Waals surface area contributed by atoms with Gasteiger partial charge in [-0.3, -0.25) is 4.79 Å². The predicted octanol–water partition coefficient (Wildman–Crippen LogP) is 5.59. The molecule has 3 rings (SSSR count). The summed E-state index contributed by atoms with van der Waals surface area (Å²) >= 11 is 0. The van der Waals surface area contributed by atoms with Crippen molar-refractivity contribution in [2.75, 3.05) is 23.3 Å². The molecule has 0 bridgehead atoms. The molecule has 8 heteroatoms. The third-order valence-corrected chi connectivity index (χ3v) is 5.50. The third-order valence-electron chi connectivity index (χ3n) is 5.50. The molecule has 1 amide bonds. The molecular weight excluding hydrogens is 438 g/mol. The smallest absolute Gasteiger partial charge is 0.271 e. The van der Waals surface area contributed by atoms with Crippen molar-refractivity contribution in [3.05, 3.63) is 87.8 Å². The number of nitrogens with zero attached hydrogens (tertiary/aromatic N) is 6. The van der Waals surface area contributed by atoms with Crippen LogP contribution in [0.25, 0.3) is 20.8 Å². The highest BCUT2D eigenvalue weighted by Crippen LogP contribution is 2.44. The molecule has 0 radical (unpaired) electrons. The molecule has 8 nitrogen and oxygen atoms in total. The molecule has 170 valence electrons. The number of nitriles is 2. The van der Waals surface area contributed by atoms with Gasteiger partial charge in [-0.05, 0) is 43.2 Å². The van der Waals surface area contributed by atoms with Gasteiger partial charge in [0.05, 0.1) is 42.4 Å². The van der Waals surface area contributed by atoms with Crippen LogP contribution in [0.3, 0.4) is 0 Å². The second-order valence-corrected chi connectivity index (χ2v) is 7.46. The van der Waals surface area contributed by atoms with Crippen molar-refractivity contribution in [3.63, 3.8) is 0 Å². The standard InChI is InChI=1S/C27H21N7O/c1-6-34(7-2)18-12-13-21(22(14-18)32-17(3)35)33-27-25(23(15-28)30-4)19-10-8-9-11-20(19)26(27)24(16-29)31-5/h8-14H,6-7H2,1-3H3,(H,32,35). The zero-order valence-corrected chi connectivity index (χ0v) is 19.5. The number of nitrogens with one attached hydrogen (secondary N) is 1. The van der Waals surface area contributed by atoms with Gasteiger partial charge < -0.3 is 10.2 Å². The molecule has 0 aromatic heterocycles. The molecular formula is C27H21N7O. The van der Waals surface area contributed by atoms with E-state index in [1.54, 1.807) is 30.3 Å². The van der Waals surface area contributed by atoms with Crippen molar-refractivity contribution in [1.82, 2.24) is 0 Å². The molecule has 1 aliphatic rings. The van der Waals surface area contributed by atoms with E-state index in [1.165, 1.54) is 6.92 Å². The number of rotatable bonds is 5. The molecule has 0 saturated carbocycles. The van der Waals surface area contributed by atoms with Crippen molar-refractivity contribution in [1.29, 1.82) is 10.5 Å². The van der Waals surface area contributed by atoms with Crippen LogP contribution in [-0.4, -0.2) is 24.7 Å². The van der Waals surface area contributed by atoms with Crippen LogP contribution in [0, 0.1) is 35.8 Å². The van der Waals surface area contributed by atoms with E-state index >= 15 is 0 Å². The molecule has 1 aliphatic carbocycles. The van der Waals surface area contributed by atoms with Crippen molar-refractivity contribution < 1.29 is 4.79 Å². The summed E-state index contributed by atoms with van der Waals surface area (Å²) in [6, 6.07) is 16.2. The summed E-state index contributed by atoms with van der Waals surface area (Å²) in [5, 5.41) is 22.2. The van der Waals surface area contributed by atoms with E-state index in [2.05, 4.69) is 19.9 Å². The van der Waals surface area contributed by atoms with Crippen LogP contribution < -0.4 is 10.2 Å². The predicted molar refractivity (Wildman–Crippen MR) is 136 cm³/mol. The average molecular weight is 460 g/mol. The highest BCUT2D eigenvalue weighted by Gasteiger charge is 2.33. The molecule has 0 saturated heterocycles. The first kappa shape index (κ1) is 24.5. The lowest BCUT2D eigenvalue weighted by Crippen LogP contribution is -2.22. The second kappa shape index (κ2) is 10.6. The molecule has 0 atom stereocenters. The molecule has 0 fully saturated rings. The van der Waals surface area contributed by atoms with Crippen LogP contribution in [0.5, 0.6) is 0 Å². The van der Waals surface area contributed by atoms with E-state index in [-0.39, 0.29) is 34.2 Å². The Morgan fingerprint density at radius 2 is 1.54 bits per heavy atom. The second-order valence-electron chi connectivity index (χ2n) is 7.46. The summed E-state index contributed by atoms with van der Waals surface area (Å²) < 4.78 is 0. The lowest BCUT2D eigenvalue weighted by molar-refractivity contribution is -0.114. The molecule has 0 spiro atoms. The van der Waals surface area contributed by atoms with Crippen LogP contribution in [0.4, 0.5) is 17.1 Å². The van der Waals surface area contributed by atoms with Gasteiger partial charge in [0.25, 0.3) is 11.4 Å². The number of fused-ring (bicyclic) bond motifs is 1. The Hall–Kier alpha value is -5.18. The first-order valence-electron chi connectivity index (χ1n) is 10.8. The number of hydrogen-bond acceptors (Lipinski definition) is 5. The van der Waals surface area contributed by atoms with Crippen LogP contribution in [0.1, 0.15) is 31.9 Å². The average Bonchev–Trinajstić information content (AvgIpc) is 3.17. The van der Waals surface area contributed by atoms with Crippen molar-refractivity contribution in [2.24, 2.45) is 4.99 Å². The Labute approximate surface area is 204 Å². The monoisotopic (exact) mass is 459 g/mol. The number of aliphatic imine (C=N–C) groups is 1. The summed E-state index contributed by atoms with van der Waals surface area (Å²) in [5.41, 5.74) is 3.08. The maximum Gasteiger partial charge on any atom is 0.271 e. The van der Waals surface area contributed by atoms with Crippen molar-refractivity contribution in [2.45, 2.75) is 20.8 Å². The topological polar surface area (TPSA) is 101 Å². The molecule has 2 aromatic carbocycles. The zero-order valence-electron chi connectivity index (χ0n) is 19.5. The Bertz CT molecular complexity index is 1360. The number of amides is 1. The van der Waals surface area contributed by atoms with Gasteiger partial charge in [-0.25, -0.2) is 25.2 Å². The Morgan fingerprint density at radius 3 is 1.97 bits per heavy atom. The summed E-state index contributed by atoms with van der Waals surface area (Å²) in [5.74, 6) is -0.290. The number of carbonyl (C=O) groups excluding carboxylic acids is 1. The molecule has 35 heavy (non-hydrogen) atoms. The Balaban J connectivity index is 2.42. The van der Waals surface area contributed by atoms with E-state index in [9.17, 15) is 15.3 Å². The number of anilines is 2. The lowest BCUT2D eigenvalue weighted by atomic mass is 10.0. The fraction of sp³-hybridized carbons (Fsp3) is 0.185. The molecule has 0 heterocycles. The normalized spacial score (nSPS) is 14.4. The summed E-state index contributed by atoms with van der Waals surface area (Å²) in [7, 11) is 0. The Kier molecular flexibility index (Phi) is 7.43. The first-order valence-corrected chi connectivity index (χ1v) is 10.8. The van der Waals surface area contributed by atoms with Gasteiger partial charge in [0.1, 0.15) is 0 Å². The first-order chi connectivity index (χ1) is 16.9. The minimum Gasteiger partial charge on any atom is -0.372 e. The van der Waals surface area contributed by atoms with Crippen LogP contribution in [0.15, 0.2) is 58.9 Å². The van der Waals surface area contributed by atoms with Crippen LogP contribution in [0.2, 0.25) is 0 Å². The van der Waals surface area contributed by atoms with Crippen LogP contribution >= 0.6 is 0 Å². The van der Waals surface area contributed by atoms with E-state index in [0.29, 0.717) is 22.5 Å². The fourth-order valence-electron chi connectivity index (χ4n) is 3.98. The van der Waals surface area contributed by atoms with Gasteiger partial charge in [0.2, 0.25) is 5.91 Å². The SMILES string of the molecule is [C-]#[N+]C(C#N)=C1C(=Nc2ccc(N(CC)CC)cc2NC(C)=O)C(=C(C#N)[N+]#[C-])c2ccccc21. The Morgan fingerprint density at radius 1 is 1.00 bits per heavy atom. The minimum absolute atomic E-state index is 0.175. The van der Waals surface area contributed by atoms with Gasteiger partial charge in [-0.15, -0.1) is 0 Å². The maximum absolute atomic E-state index is 12.0. The largest absolute Gasteiger partial charge is 0.372 e. The third kappa shape index (κ3) is 4.64. The number of allylic oxidation sites excluding steroid dienone is 4. The van der Waals surface area contributed by atoms with Gasteiger partial charge in [-0.1, -0.05) is 24.3 Å². The molecule has 0 aliphatic heterocycles. The highest BCUT2D eigenvalue weighted by atomic mass is 16.1.